The zero-order valence-electron chi connectivity index (χ0n) is 19.7. The number of nitrogens with zero attached hydrogens (tertiary/aromatic N) is 2. The molecule has 2 aromatic rings. The van der Waals surface area contributed by atoms with Crippen LogP contribution >= 0.6 is 37.2 Å². The number of hydrogen-bond acceptors (Lipinski definition) is 6. The second-order valence-corrected chi connectivity index (χ2v) is 26.0. The van der Waals surface area contributed by atoms with E-state index in [0.717, 1.165) is 36.0 Å². The van der Waals surface area contributed by atoms with E-state index >= 15 is 0 Å². The van der Waals surface area contributed by atoms with Gasteiger partial charge in [0.25, 0.3) is 0 Å². The summed E-state index contributed by atoms with van der Waals surface area (Å²) in [5.74, 6) is -0.775. The first-order valence-electron chi connectivity index (χ1n) is 12.1. The summed E-state index contributed by atoms with van der Waals surface area (Å²) < 4.78 is 4.84. The molecule has 0 radical (unpaired) electrons. The molecule has 36 heavy (non-hydrogen) atoms. The summed E-state index contributed by atoms with van der Waals surface area (Å²) >= 11 is 5.30. The average molecular weight is 831 g/mol. The van der Waals surface area contributed by atoms with Crippen molar-refractivity contribution in [3.05, 3.63) is 54.7 Å². The van der Waals surface area contributed by atoms with Crippen LogP contribution in [0.25, 0.3) is 10.9 Å². The van der Waals surface area contributed by atoms with Gasteiger partial charge in [-0.1, -0.05) is 24.3 Å². The Labute approximate surface area is 241 Å². The number of fused-ring (bicyclic) bond motifs is 6. The molecule has 0 spiro atoms. The van der Waals surface area contributed by atoms with Crippen LogP contribution < -0.4 is 13.3 Å². The van der Waals surface area contributed by atoms with Gasteiger partial charge in [-0.3, -0.25) is 19.5 Å². The van der Waals surface area contributed by atoms with Crippen molar-refractivity contribution in [3.8, 4) is 0 Å². The Hall–Kier alpha value is -0.580. The summed E-state index contributed by atoms with van der Waals surface area (Å²) in [4.78, 5) is 28.2. The third-order valence-electron chi connectivity index (χ3n) is 7.94. The average Bonchev–Trinajstić information content (AvgIpc) is 3.49. The van der Waals surface area contributed by atoms with Crippen molar-refractivity contribution in [1.82, 2.24) is 9.88 Å². The fourth-order valence-electron chi connectivity index (χ4n) is 6.16. The number of ether oxygens (including phenoxy) is 1. The van der Waals surface area contributed by atoms with Crippen LogP contribution in [0.1, 0.15) is 37.4 Å². The van der Waals surface area contributed by atoms with Gasteiger partial charge in [-0.15, -0.1) is 6.58 Å². The van der Waals surface area contributed by atoms with Gasteiger partial charge in [-0.05, 0) is 61.8 Å². The van der Waals surface area contributed by atoms with Gasteiger partial charge in [0, 0.05) is 24.2 Å². The van der Waals surface area contributed by atoms with E-state index in [1.165, 1.54) is 6.42 Å². The Morgan fingerprint density at radius 2 is 2.00 bits per heavy atom. The van der Waals surface area contributed by atoms with Crippen LogP contribution in [0.4, 0.5) is 0 Å². The molecule has 4 aliphatic heterocycles. The van der Waals surface area contributed by atoms with E-state index in [2.05, 4.69) is 65.8 Å². The number of aromatic nitrogens is 1. The second kappa shape index (κ2) is 13.0. The van der Waals surface area contributed by atoms with E-state index in [1.807, 2.05) is 30.5 Å². The van der Waals surface area contributed by atoms with Crippen LogP contribution in [0, 0.1) is 23.7 Å². The minimum atomic E-state index is -0.867. The molecular weight excluding hydrogens is 801 g/mol. The number of carbonyl (C=O) groups excluding carboxylic acids is 1. The van der Waals surface area contributed by atoms with Gasteiger partial charge in [-0.25, -0.2) is 0 Å². The number of aliphatic carboxylic acids is 1. The predicted octanol–water partition coefficient (Wildman–Crippen LogP) is 1.96. The molecule has 196 valence electrons. The molecule has 7 rings (SSSR count). The van der Waals surface area contributed by atoms with E-state index in [-0.39, 0.29) is 24.0 Å². The van der Waals surface area contributed by atoms with Crippen molar-refractivity contribution in [3.63, 3.8) is 0 Å². The van der Waals surface area contributed by atoms with E-state index in [1.54, 1.807) is 0 Å². The van der Waals surface area contributed by atoms with E-state index in [0.29, 0.717) is 37.9 Å². The maximum atomic E-state index is 11.0. The number of benzene rings is 1. The van der Waals surface area contributed by atoms with Crippen molar-refractivity contribution < 1.29 is 37.8 Å². The van der Waals surface area contributed by atoms with Crippen molar-refractivity contribution in [2.45, 2.75) is 43.9 Å². The zero-order chi connectivity index (χ0) is 25.8. The first kappa shape index (κ1) is 28.4. The van der Waals surface area contributed by atoms with Crippen LogP contribution in [0.3, 0.4) is 0 Å². The molecule has 8 atom stereocenters. The molecule has 7 unspecified atom stereocenters. The molecule has 1 aromatic heterocycles. The third-order valence-corrected chi connectivity index (χ3v) is 7.94. The minimum absolute atomic E-state index is 0.117. The number of esters is 1. The monoisotopic (exact) mass is 831 g/mol. The predicted molar refractivity (Wildman–Crippen MR) is 150 cm³/mol. The molecule has 0 amide bonds. The number of piperidine rings is 3. The summed E-state index contributed by atoms with van der Waals surface area (Å²) in [6.45, 7) is 6.11. The first-order chi connectivity index (χ1) is 17.4. The Bertz CT molecular complexity index is 1100. The van der Waals surface area contributed by atoms with Crippen LogP contribution in [-0.2, 0) is 14.3 Å². The van der Waals surface area contributed by atoms with Crippen LogP contribution in [-0.4, -0.2) is 57.3 Å². The van der Waals surface area contributed by atoms with Gasteiger partial charge in [0.1, 0.15) is 6.10 Å². The number of para-hydroxylation sites is 1. The molecule has 5 heterocycles. The van der Waals surface area contributed by atoms with Gasteiger partial charge < -0.3 is 14.9 Å². The Balaban J connectivity index is 0.000000181. The SMILES string of the molecule is C=CC1CN2CCC1CC2[C@H](O)c1ccnc2ccccc12.I[I-]I.O=C(O)C1CC2CC1C(=O)O2. The van der Waals surface area contributed by atoms with Gasteiger partial charge in [0.05, 0.1) is 23.5 Å². The molecule has 2 N–H and O–H groups in total. The maximum Gasteiger partial charge on any atom is 0.310 e. The quantitative estimate of drug-likeness (QED) is 0.277. The van der Waals surface area contributed by atoms with E-state index in [9.17, 15) is 14.7 Å². The molecule has 1 aliphatic carbocycles. The van der Waals surface area contributed by atoms with Crippen LogP contribution in [0.15, 0.2) is 49.2 Å². The van der Waals surface area contributed by atoms with E-state index in [4.69, 9.17) is 9.84 Å². The standard InChI is InChI=1S/C19H22N2O.C7H8O4.I3/c1-2-13-12-21-10-8-14(13)11-18(21)19(22)16-7-9-20-17-6-4-3-5-15(16)17;8-6(9)4-1-3-2-5(4)7(10)11-3;1-3-2/h2-7,9,13-14,18-19,22H,1,8,10-12H2;3-5H,1-2H2,(H,8,9);/q;;-1/t13?,14?,18?,19-;;/m1../s1. The van der Waals surface area contributed by atoms with Crippen LogP contribution in [0.2, 0.25) is 0 Å². The normalized spacial score (nSPS) is 32.6. The maximum absolute atomic E-state index is 11.0. The number of rotatable bonds is 4. The minimum Gasteiger partial charge on any atom is -0.481 e. The fraction of sp³-hybridized carbons (Fsp3) is 0.500. The van der Waals surface area contributed by atoms with E-state index < -0.39 is 18.0 Å². The number of carboxylic acid groups (broad SMARTS) is 1. The second-order valence-electron chi connectivity index (χ2n) is 9.74. The Kier molecular flexibility index (Phi) is 10.3. The van der Waals surface area contributed by atoms with Gasteiger partial charge in [-0.2, -0.15) is 0 Å². The van der Waals surface area contributed by atoms with Crippen molar-refractivity contribution in [2.24, 2.45) is 23.7 Å². The molecule has 7 nitrogen and oxygen atoms in total. The molecular formula is C26H30I3N2O5-. The summed E-state index contributed by atoms with van der Waals surface area (Å²) in [7, 11) is 0. The number of aliphatic hydroxyl groups is 1. The number of pyridine rings is 1. The third kappa shape index (κ3) is 6.18. The van der Waals surface area contributed by atoms with Crippen molar-refractivity contribution >= 4 is 60.1 Å². The fourth-order valence-corrected chi connectivity index (χ4v) is 6.16. The zero-order valence-corrected chi connectivity index (χ0v) is 26.2. The Morgan fingerprint density at radius 1 is 1.25 bits per heavy atom. The smallest absolute Gasteiger partial charge is 0.310 e. The first-order valence-corrected chi connectivity index (χ1v) is 24.6. The topological polar surface area (TPSA) is 100.0 Å². The molecule has 10 heteroatoms. The van der Waals surface area contributed by atoms with Crippen molar-refractivity contribution in [1.29, 1.82) is 0 Å². The molecule has 4 bridgehead atoms. The number of hydrogen-bond donors (Lipinski definition) is 2. The number of carboxylic acids is 1. The molecule has 5 aliphatic rings. The summed E-state index contributed by atoms with van der Waals surface area (Å²) in [6.07, 6.45) is 6.76. The largest absolute Gasteiger partial charge is 0.481 e. The van der Waals surface area contributed by atoms with Crippen LogP contribution in [0.5, 0.6) is 0 Å². The summed E-state index contributed by atoms with van der Waals surface area (Å²) in [5.41, 5.74) is 1.97. The number of halogens is 3. The van der Waals surface area contributed by atoms with Crippen molar-refractivity contribution in [2.75, 3.05) is 13.1 Å². The molecule has 4 saturated heterocycles. The number of aliphatic hydroxyl groups excluding tert-OH is 1. The Morgan fingerprint density at radius 3 is 2.58 bits per heavy atom. The molecule has 5 fully saturated rings. The van der Waals surface area contributed by atoms with Gasteiger partial charge in [0.15, 0.2) is 0 Å². The number of carbonyl (C=O) groups is 2. The van der Waals surface area contributed by atoms with Gasteiger partial charge >= 0.3 is 62.4 Å². The molecule has 1 aromatic carbocycles. The molecule has 1 saturated carbocycles. The van der Waals surface area contributed by atoms with Gasteiger partial charge in [0.2, 0.25) is 0 Å². The summed E-state index contributed by atoms with van der Waals surface area (Å²) in [5, 5.41) is 20.7. The summed E-state index contributed by atoms with van der Waals surface area (Å²) in [6, 6.07) is 10.3.